The van der Waals surface area contributed by atoms with Gasteiger partial charge in [0.25, 0.3) is 0 Å². The van der Waals surface area contributed by atoms with E-state index in [1.807, 2.05) is 0 Å². The molecule has 0 spiro atoms. The summed E-state index contributed by atoms with van der Waals surface area (Å²) in [4.78, 5) is 0. The normalized spacial score (nSPS) is 15.0. The molecule has 2 aromatic rings. The van der Waals surface area contributed by atoms with Crippen molar-refractivity contribution in [2.75, 3.05) is 0 Å². The Morgan fingerprint density at radius 2 is 2.13 bits per heavy atom. The van der Waals surface area contributed by atoms with Crippen molar-refractivity contribution >= 4 is 21.1 Å². The van der Waals surface area contributed by atoms with Gasteiger partial charge in [-0.3, -0.25) is 0 Å². The fourth-order valence-corrected chi connectivity index (χ4v) is 1.52. The molecule has 2 rings (SSSR count). The van der Waals surface area contributed by atoms with Gasteiger partial charge in [0.05, 0.1) is 11.2 Å². The van der Waals surface area contributed by atoms with Crippen LogP contribution in [0.5, 0.6) is 0 Å². The zero-order valence-corrected chi connectivity index (χ0v) is 10.5. The summed E-state index contributed by atoms with van der Waals surface area (Å²) in [6.45, 7) is 0. The molecule has 0 atom stereocenters. The molecule has 1 heterocycles. The van der Waals surface area contributed by atoms with Crippen LogP contribution in [0.15, 0.2) is 28.7 Å². The van der Waals surface area contributed by atoms with Crippen LogP contribution in [0.25, 0.3) is 11.0 Å². The van der Waals surface area contributed by atoms with Gasteiger partial charge in [-0.1, -0.05) is 17.2 Å². The van der Waals surface area contributed by atoms with E-state index in [0.29, 0.717) is 0 Å². The SMILES string of the molecule is [2H]c1c([2H])c([2H])c2c(CS(=O)(=O)[O-])noc2c1[2H].[Na+]. The van der Waals surface area contributed by atoms with E-state index in [4.69, 9.17) is 5.48 Å². The molecule has 0 aliphatic carbocycles. The summed E-state index contributed by atoms with van der Waals surface area (Å²) >= 11 is 0. The average Bonchev–Trinajstić information content (AvgIpc) is 2.65. The van der Waals surface area contributed by atoms with Gasteiger partial charge >= 0.3 is 29.6 Å². The van der Waals surface area contributed by atoms with Gasteiger partial charge in [0.1, 0.15) is 15.8 Å². The Kier molecular flexibility index (Phi) is 2.41. The van der Waals surface area contributed by atoms with Crippen molar-refractivity contribution in [1.29, 1.82) is 0 Å². The average molecular weight is 239 g/mol. The van der Waals surface area contributed by atoms with E-state index in [9.17, 15) is 13.0 Å². The second-order valence-corrected chi connectivity index (χ2v) is 3.94. The topological polar surface area (TPSA) is 83.2 Å². The molecule has 15 heavy (non-hydrogen) atoms. The summed E-state index contributed by atoms with van der Waals surface area (Å²) in [5, 5.41) is 3.14. The molecule has 74 valence electrons. The maximum Gasteiger partial charge on any atom is 1.00 e. The Balaban J connectivity index is 0.00000180. The van der Waals surface area contributed by atoms with E-state index in [2.05, 4.69) is 9.68 Å². The molecule has 1 aromatic heterocycles. The number of aromatic nitrogens is 1. The van der Waals surface area contributed by atoms with Crippen LogP contribution < -0.4 is 29.6 Å². The molecule has 0 N–H and O–H groups in total. The molecule has 0 radical (unpaired) electrons. The van der Waals surface area contributed by atoms with Crippen molar-refractivity contribution < 1.29 is 52.5 Å². The van der Waals surface area contributed by atoms with E-state index >= 15 is 0 Å². The first-order valence-electron chi connectivity index (χ1n) is 5.50. The Hall–Kier alpha value is -0.400. The van der Waals surface area contributed by atoms with Crippen molar-refractivity contribution in [3.05, 3.63) is 29.9 Å². The zero-order chi connectivity index (χ0) is 13.7. The van der Waals surface area contributed by atoms with Crippen molar-refractivity contribution in [3.8, 4) is 0 Å². The maximum atomic E-state index is 10.7. The van der Waals surface area contributed by atoms with Crippen LogP contribution in [0, 0.1) is 0 Å². The molecule has 0 unspecified atom stereocenters. The number of benzene rings is 1. The van der Waals surface area contributed by atoms with Gasteiger partial charge in [-0.2, -0.15) is 0 Å². The molecule has 0 saturated heterocycles. The number of hydrogen-bond acceptors (Lipinski definition) is 5. The molecule has 5 nitrogen and oxygen atoms in total. The Labute approximate surface area is 114 Å². The number of fused-ring (bicyclic) bond motifs is 1. The molecule has 0 bridgehead atoms. The Morgan fingerprint density at radius 3 is 2.80 bits per heavy atom. The number of para-hydroxylation sites is 1. The van der Waals surface area contributed by atoms with Crippen LogP contribution >= 0.6 is 0 Å². The minimum Gasteiger partial charge on any atom is -0.748 e. The first kappa shape index (κ1) is 7.81. The Bertz CT molecular complexity index is 745. The summed E-state index contributed by atoms with van der Waals surface area (Å²) in [7, 11) is -4.62. The molecule has 0 saturated carbocycles. The van der Waals surface area contributed by atoms with Gasteiger partial charge in [-0.05, 0) is 12.1 Å². The number of hydrogen-bond donors (Lipinski definition) is 0. The second kappa shape index (κ2) is 4.63. The van der Waals surface area contributed by atoms with Gasteiger partial charge in [0.2, 0.25) is 0 Å². The molecule has 1 aromatic carbocycles. The number of nitrogens with zero attached hydrogens (tertiary/aromatic N) is 1. The van der Waals surface area contributed by atoms with Gasteiger partial charge in [-0.15, -0.1) is 0 Å². The first-order chi connectivity index (χ1) is 8.22. The van der Waals surface area contributed by atoms with Gasteiger partial charge in [-0.25, -0.2) is 8.42 Å². The summed E-state index contributed by atoms with van der Waals surface area (Å²) in [5.74, 6) is -0.984. The molecule has 0 fully saturated rings. The van der Waals surface area contributed by atoms with Crippen LogP contribution in [-0.4, -0.2) is 18.1 Å². The molecule has 0 aliphatic rings. The third-order valence-electron chi connectivity index (χ3n) is 1.50. The second-order valence-electron chi connectivity index (χ2n) is 2.54. The smallest absolute Gasteiger partial charge is 0.748 e. The third-order valence-corrected chi connectivity index (χ3v) is 2.13. The summed E-state index contributed by atoms with van der Waals surface area (Å²) in [5.41, 5.74) is -0.577. The van der Waals surface area contributed by atoms with Crippen molar-refractivity contribution in [2.45, 2.75) is 5.75 Å². The summed E-state index contributed by atoms with van der Waals surface area (Å²) in [6.07, 6.45) is 0. The van der Waals surface area contributed by atoms with Gasteiger partial charge < -0.3 is 9.08 Å². The number of rotatable bonds is 2. The van der Waals surface area contributed by atoms with Crippen LogP contribution in [-0.2, 0) is 15.9 Å². The third kappa shape index (κ3) is 3.02. The summed E-state index contributed by atoms with van der Waals surface area (Å²) in [6, 6.07) is -2.00. The fourth-order valence-electron chi connectivity index (χ4n) is 0.985. The van der Waals surface area contributed by atoms with Crippen LogP contribution in [0.3, 0.4) is 0 Å². The fraction of sp³-hybridized carbons (Fsp3) is 0.125. The standard InChI is InChI=1S/C8H7NO4S.Na/c10-14(11,12)5-7-6-3-1-2-4-8(6)13-9-7;/h1-4H,5H2,(H,10,11,12);/q;+1/p-1/i1D,2D,3D,4D;. The monoisotopic (exact) mass is 239 g/mol. The van der Waals surface area contributed by atoms with Crippen LogP contribution in [0.2, 0.25) is 0 Å². The Morgan fingerprint density at radius 1 is 1.47 bits per heavy atom. The van der Waals surface area contributed by atoms with Crippen molar-refractivity contribution in [2.24, 2.45) is 0 Å². The van der Waals surface area contributed by atoms with Crippen LogP contribution in [0.1, 0.15) is 11.2 Å². The predicted molar refractivity (Wildman–Crippen MR) is 47.4 cm³/mol. The van der Waals surface area contributed by atoms with Crippen molar-refractivity contribution in [3.63, 3.8) is 0 Å². The molecular weight excluding hydrogens is 229 g/mol. The van der Waals surface area contributed by atoms with E-state index in [1.165, 1.54) is 0 Å². The molecule has 7 heteroatoms. The van der Waals surface area contributed by atoms with E-state index in [-0.39, 0.29) is 46.2 Å². The van der Waals surface area contributed by atoms with Gasteiger partial charge in [0, 0.05) is 5.39 Å². The van der Waals surface area contributed by atoms with Gasteiger partial charge in [0.15, 0.2) is 5.58 Å². The van der Waals surface area contributed by atoms with E-state index < -0.39 is 40.0 Å². The first-order valence-corrected chi connectivity index (χ1v) is 5.08. The minimum atomic E-state index is -4.62. The minimum absolute atomic E-state index is 0. The maximum absolute atomic E-state index is 10.7. The largest absolute Gasteiger partial charge is 1.00 e. The van der Waals surface area contributed by atoms with E-state index in [0.717, 1.165) is 0 Å². The van der Waals surface area contributed by atoms with Crippen LogP contribution in [0.4, 0.5) is 0 Å². The zero-order valence-electron chi connectivity index (χ0n) is 11.7. The summed E-state index contributed by atoms with van der Waals surface area (Å²) < 4.78 is 66.6. The predicted octanol–water partition coefficient (Wildman–Crippen LogP) is -2.12. The van der Waals surface area contributed by atoms with Crippen molar-refractivity contribution in [1.82, 2.24) is 5.16 Å². The molecular formula is C8H6NNaO4S. The van der Waals surface area contributed by atoms with E-state index in [1.54, 1.807) is 0 Å². The molecule has 0 amide bonds. The molecule has 0 aliphatic heterocycles. The quantitative estimate of drug-likeness (QED) is 0.442.